The van der Waals surface area contributed by atoms with Crippen molar-refractivity contribution in [3.63, 3.8) is 0 Å². The molecule has 8 nitrogen and oxygen atoms in total. The van der Waals surface area contributed by atoms with Gasteiger partial charge < -0.3 is 9.58 Å². The molecule has 4 unspecified atom stereocenters. The van der Waals surface area contributed by atoms with E-state index < -0.39 is 17.9 Å². The number of rotatable bonds is 8. The molecule has 0 amide bonds. The van der Waals surface area contributed by atoms with Gasteiger partial charge in [0, 0.05) is 5.56 Å². The van der Waals surface area contributed by atoms with Gasteiger partial charge in [-0.25, -0.2) is 21.3 Å². The molecule has 8 heteroatoms. The fourth-order valence-electron chi connectivity index (χ4n) is 4.68. The van der Waals surface area contributed by atoms with Crippen molar-refractivity contribution in [3.05, 3.63) is 47.1 Å². The summed E-state index contributed by atoms with van der Waals surface area (Å²) in [5, 5.41) is 7.14. The molecule has 0 bridgehead atoms. The zero-order chi connectivity index (χ0) is 23.3. The first-order chi connectivity index (χ1) is 15.3. The summed E-state index contributed by atoms with van der Waals surface area (Å²) in [6.45, 7) is 16.0. The Balaban J connectivity index is 1.88. The van der Waals surface area contributed by atoms with Gasteiger partial charge in [-0.05, 0) is 37.5 Å². The molecule has 1 N–H and O–H groups in total. The second-order valence-electron chi connectivity index (χ2n) is 8.97. The molecular formula is C24H32N4O4. The summed E-state index contributed by atoms with van der Waals surface area (Å²) in [4.78, 5) is 31.2. The van der Waals surface area contributed by atoms with Gasteiger partial charge in [-0.1, -0.05) is 50.6 Å². The quantitative estimate of drug-likeness (QED) is 0.284. The van der Waals surface area contributed by atoms with Gasteiger partial charge in [-0.3, -0.25) is 9.89 Å². The highest BCUT2D eigenvalue weighted by atomic mass is 17.2. The van der Waals surface area contributed by atoms with Crippen LogP contribution in [0.25, 0.3) is 16.2 Å². The summed E-state index contributed by atoms with van der Waals surface area (Å²) in [5.74, 6) is 0.389. The van der Waals surface area contributed by atoms with E-state index >= 15 is 0 Å². The topological polar surface area (TPSA) is 90.7 Å². The Labute approximate surface area is 189 Å². The zero-order valence-electron chi connectivity index (χ0n) is 19.4. The highest BCUT2D eigenvalue weighted by molar-refractivity contribution is 5.79. The molecule has 32 heavy (non-hydrogen) atoms. The Bertz CT molecular complexity index is 924. The van der Waals surface area contributed by atoms with Gasteiger partial charge in [-0.15, -0.1) is 0 Å². The smallest absolute Gasteiger partial charge is 0.325 e. The molecule has 1 aromatic carbocycles. The molecule has 4 atom stereocenters. The Morgan fingerprint density at radius 2 is 1.88 bits per heavy atom. The second-order valence-corrected chi connectivity index (χ2v) is 8.97. The Kier molecular flexibility index (Phi) is 7.99. The number of aromatic amines is 1. The van der Waals surface area contributed by atoms with Crippen molar-refractivity contribution >= 4 is 5.97 Å². The number of carbonyl (C=O) groups excluding carboxylic acids is 1. The van der Waals surface area contributed by atoms with E-state index in [0.29, 0.717) is 11.7 Å². The molecule has 0 aliphatic heterocycles. The van der Waals surface area contributed by atoms with Gasteiger partial charge in [0.2, 0.25) is 0 Å². The molecular weight excluding hydrogens is 408 g/mol. The Morgan fingerprint density at radius 3 is 2.47 bits per heavy atom. The van der Waals surface area contributed by atoms with Gasteiger partial charge in [-0.2, -0.15) is 5.10 Å². The highest BCUT2D eigenvalue weighted by Gasteiger charge is 2.43. The van der Waals surface area contributed by atoms with Crippen LogP contribution in [0.2, 0.25) is 0 Å². The SMILES string of the molecule is [C-]#[N+]C(COOC)C(C(=O)OC1C(C)CC(C)CC1C)c1nc(-c2ccc(C)cc2)n[nH]1. The third-order valence-corrected chi connectivity index (χ3v) is 6.19. The van der Waals surface area contributed by atoms with Crippen LogP contribution in [-0.2, 0) is 19.3 Å². The molecule has 2 aromatic rings. The molecule has 0 saturated heterocycles. The van der Waals surface area contributed by atoms with E-state index in [2.05, 4.69) is 45.7 Å². The van der Waals surface area contributed by atoms with E-state index in [1.54, 1.807) is 0 Å². The lowest BCUT2D eigenvalue weighted by Crippen LogP contribution is -2.40. The fourth-order valence-corrected chi connectivity index (χ4v) is 4.68. The van der Waals surface area contributed by atoms with Crippen LogP contribution in [0.3, 0.4) is 0 Å². The molecule has 0 radical (unpaired) electrons. The van der Waals surface area contributed by atoms with Crippen LogP contribution in [-0.4, -0.2) is 47.0 Å². The average Bonchev–Trinajstić information content (AvgIpc) is 3.23. The van der Waals surface area contributed by atoms with Crippen molar-refractivity contribution < 1.29 is 19.3 Å². The van der Waals surface area contributed by atoms with Gasteiger partial charge >= 0.3 is 5.97 Å². The van der Waals surface area contributed by atoms with Crippen molar-refractivity contribution in [1.82, 2.24) is 15.2 Å². The Morgan fingerprint density at radius 1 is 1.22 bits per heavy atom. The van der Waals surface area contributed by atoms with Crippen LogP contribution in [0, 0.1) is 31.2 Å². The number of nitrogens with one attached hydrogen (secondary N) is 1. The van der Waals surface area contributed by atoms with E-state index in [-0.39, 0.29) is 30.4 Å². The van der Waals surface area contributed by atoms with Crippen molar-refractivity contribution in [1.29, 1.82) is 0 Å². The van der Waals surface area contributed by atoms with Crippen molar-refractivity contribution in [2.75, 3.05) is 13.7 Å². The maximum atomic E-state index is 13.4. The minimum Gasteiger partial charge on any atom is -0.461 e. The molecule has 3 rings (SSSR count). The van der Waals surface area contributed by atoms with E-state index in [1.807, 2.05) is 31.2 Å². The molecule has 1 aliphatic rings. The van der Waals surface area contributed by atoms with Crippen molar-refractivity contribution in [2.24, 2.45) is 17.8 Å². The zero-order valence-corrected chi connectivity index (χ0v) is 19.4. The van der Waals surface area contributed by atoms with Gasteiger partial charge in [0.1, 0.15) is 11.9 Å². The normalized spacial score (nSPS) is 25.0. The Hall–Kier alpha value is -2.76. The van der Waals surface area contributed by atoms with Gasteiger partial charge in [0.15, 0.2) is 18.3 Å². The summed E-state index contributed by atoms with van der Waals surface area (Å²) in [7, 11) is 1.37. The van der Waals surface area contributed by atoms with Crippen LogP contribution in [0.15, 0.2) is 24.3 Å². The summed E-state index contributed by atoms with van der Waals surface area (Å²) in [6, 6.07) is 6.91. The number of H-pyrrole nitrogens is 1. The highest BCUT2D eigenvalue weighted by Crippen LogP contribution is 2.36. The number of esters is 1. The third-order valence-electron chi connectivity index (χ3n) is 6.19. The average molecular weight is 441 g/mol. The van der Waals surface area contributed by atoms with Crippen LogP contribution < -0.4 is 0 Å². The number of ether oxygens (including phenoxy) is 1. The number of carbonyl (C=O) groups is 1. The predicted octanol–water partition coefficient (Wildman–Crippen LogP) is 4.34. The van der Waals surface area contributed by atoms with Crippen LogP contribution in [0.4, 0.5) is 0 Å². The number of aromatic nitrogens is 3. The van der Waals surface area contributed by atoms with Gasteiger partial charge in [0.25, 0.3) is 6.04 Å². The lowest BCUT2D eigenvalue weighted by Gasteiger charge is -2.37. The molecule has 1 fully saturated rings. The number of hydrogen-bond donors (Lipinski definition) is 1. The monoisotopic (exact) mass is 440 g/mol. The third kappa shape index (κ3) is 5.53. The van der Waals surface area contributed by atoms with E-state index in [4.69, 9.17) is 16.2 Å². The van der Waals surface area contributed by atoms with E-state index in [0.717, 1.165) is 24.0 Å². The van der Waals surface area contributed by atoms with Crippen LogP contribution in [0.5, 0.6) is 0 Å². The first-order valence-electron chi connectivity index (χ1n) is 11.1. The number of hydrogen-bond acceptors (Lipinski definition) is 6. The molecule has 1 saturated carbocycles. The van der Waals surface area contributed by atoms with Crippen molar-refractivity contribution in [3.8, 4) is 11.4 Å². The fraction of sp³-hybridized carbons (Fsp3) is 0.583. The molecule has 1 heterocycles. The number of aryl methyl sites for hydroxylation is 1. The maximum absolute atomic E-state index is 13.4. The minimum absolute atomic E-state index is 0.0901. The van der Waals surface area contributed by atoms with Crippen molar-refractivity contribution in [2.45, 2.75) is 58.6 Å². The number of nitrogens with zero attached hydrogens (tertiary/aromatic N) is 3. The summed E-state index contributed by atoms with van der Waals surface area (Å²) >= 11 is 0. The van der Waals surface area contributed by atoms with E-state index in [1.165, 1.54) is 7.11 Å². The minimum atomic E-state index is -0.965. The number of benzene rings is 1. The van der Waals surface area contributed by atoms with Crippen LogP contribution >= 0.6 is 0 Å². The van der Waals surface area contributed by atoms with Gasteiger partial charge in [0.05, 0.1) is 7.11 Å². The molecule has 0 spiro atoms. The maximum Gasteiger partial charge on any atom is 0.325 e. The predicted molar refractivity (Wildman–Crippen MR) is 119 cm³/mol. The standard InChI is InChI=1S/C24H32N4O4/c1-14-7-9-18(10-8-14)22-26-23(28-27-22)20(19(25-5)13-31-30-6)24(29)32-21-16(3)11-15(2)12-17(21)4/h7-10,15-17,19-21H,11-13H2,1-4,6H3,(H,26,27,28). The summed E-state index contributed by atoms with van der Waals surface area (Å²) in [6.07, 6.45) is 1.81. The molecule has 1 aliphatic carbocycles. The lowest BCUT2D eigenvalue weighted by atomic mass is 9.75. The first kappa shape index (κ1) is 23.9. The summed E-state index contributed by atoms with van der Waals surface area (Å²) in [5.41, 5.74) is 1.95. The first-order valence-corrected chi connectivity index (χ1v) is 11.1. The molecule has 1 aromatic heterocycles. The summed E-state index contributed by atoms with van der Waals surface area (Å²) < 4.78 is 6.01. The lowest BCUT2D eigenvalue weighted by molar-refractivity contribution is -0.274. The second kappa shape index (κ2) is 10.7. The van der Waals surface area contributed by atoms with E-state index in [9.17, 15) is 4.79 Å². The molecule has 172 valence electrons. The largest absolute Gasteiger partial charge is 0.461 e. The van der Waals surface area contributed by atoms with Crippen LogP contribution in [0.1, 0.15) is 50.9 Å².